The molecule has 0 saturated carbocycles. The second-order valence-electron chi connectivity index (χ2n) is 15.0. The van der Waals surface area contributed by atoms with Crippen molar-refractivity contribution in [2.24, 2.45) is 0 Å². The van der Waals surface area contributed by atoms with E-state index >= 15 is 0 Å². The fourth-order valence-corrected chi connectivity index (χ4v) is 8.27. The zero-order chi connectivity index (χ0) is 39.8. The van der Waals surface area contributed by atoms with Crippen LogP contribution in [0.3, 0.4) is 0 Å². The van der Waals surface area contributed by atoms with E-state index in [2.05, 4.69) is 182 Å². The van der Waals surface area contributed by atoms with Crippen molar-refractivity contribution in [3.8, 4) is 78.8 Å². The van der Waals surface area contributed by atoms with Crippen LogP contribution in [0.4, 0.5) is 0 Å². The Morgan fingerprint density at radius 3 is 1.33 bits per heavy atom. The summed E-state index contributed by atoms with van der Waals surface area (Å²) in [6.07, 6.45) is 0. The number of hydrogen-bond donors (Lipinski definition) is 0. The average molecular weight is 765 g/mol. The molecular weight excluding hydrogens is 729 g/mol. The van der Waals surface area contributed by atoms with Gasteiger partial charge in [-0.15, -0.1) is 0 Å². The molecule has 280 valence electrons. The van der Waals surface area contributed by atoms with Gasteiger partial charge >= 0.3 is 0 Å². The Morgan fingerprint density at radius 2 is 0.667 bits per heavy atom. The minimum atomic E-state index is 0.629. The molecule has 11 rings (SSSR count). The molecule has 2 aromatic heterocycles. The van der Waals surface area contributed by atoms with Crippen LogP contribution < -0.4 is 0 Å². The highest BCUT2D eigenvalue weighted by molar-refractivity contribution is 6.21. The van der Waals surface area contributed by atoms with Crippen molar-refractivity contribution in [2.45, 2.75) is 0 Å². The van der Waals surface area contributed by atoms with E-state index in [1.165, 1.54) is 32.5 Å². The molecule has 2 heterocycles. The van der Waals surface area contributed by atoms with E-state index in [0.717, 1.165) is 61.3 Å². The molecule has 4 heteroatoms. The Hall–Kier alpha value is -8.08. The molecule has 0 bridgehead atoms. The predicted octanol–water partition coefficient (Wildman–Crippen LogP) is 14.4. The Balaban J connectivity index is 0.937. The largest absolute Gasteiger partial charge is 0.247 e. The van der Waals surface area contributed by atoms with Crippen molar-refractivity contribution in [2.75, 3.05) is 0 Å². The minimum Gasteiger partial charge on any atom is -0.247 e. The average Bonchev–Trinajstić information content (AvgIpc) is 3.34. The third-order valence-corrected chi connectivity index (χ3v) is 11.3. The van der Waals surface area contributed by atoms with Crippen LogP contribution in [-0.2, 0) is 0 Å². The van der Waals surface area contributed by atoms with E-state index in [1.54, 1.807) is 0 Å². The van der Waals surface area contributed by atoms with E-state index < -0.39 is 0 Å². The standard InChI is InChI=1S/C56H36N4/c1-3-13-37(14-4-1)38-29-31-43(32-30-38)55-58-54(42-16-5-2-6-17-42)59-56(60-55)47-21-12-19-45(36-47)40-27-25-39(26-28-40)44-18-11-20-46(35-44)53-52-48-22-8-7-15-41(48)33-34-50(52)49-23-9-10-24-51(49)57-53/h1-36H. The number of fused-ring (bicyclic) bond motifs is 5. The summed E-state index contributed by atoms with van der Waals surface area (Å²) in [5.41, 5.74) is 12.7. The van der Waals surface area contributed by atoms with Gasteiger partial charge in [0.1, 0.15) is 0 Å². The minimum absolute atomic E-state index is 0.629. The first kappa shape index (κ1) is 35.1. The lowest BCUT2D eigenvalue weighted by Crippen LogP contribution is -2.00. The third kappa shape index (κ3) is 6.56. The van der Waals surface area contributed by atoms with Gasteiger partial charge in [-0.25, -0.2) is 19.9 Å². The molecule has 0 atom stereocenters. The summed E-state index contributed by atoms with van der Waals surface area (Å²) in [5.74, 6) is 1.90. The fraction of sp³-hybridized carbons (Fsp3) is 0. The zero-order valence-corrected chi connectivity index (χ0v) is 32.6. The summed E-state index contributed by atoms with van der Waals surface area (Å²) in [5, 5.41) is 5.98. The highest BCUT2D eigenvalue weighted by Gasteiger charge is 2.16. The van der Waals surface area contributed by atoms with E-state index in [0.29, 0.717) is 17.5 Å². The second-order valence-corrected chi connectivity index (χ2v) is 15.0. The molecule has 0 unspecified atom stereocenters. The first-order chi connectivity index (χ1) is 29.7. The summed E-state index contributed by atoms with van der Waals surface area (Å²) >= 11 is 0. The van der Waals surface area contributed by atoms with Crippen molar-refractivity contribution >= 4 is 32.4 Å². The van der Waals surface area contributed by atoms with Gasteiger partial charge in [-0.3, -0.25) is 0 Å². The summed E-state index contributed by atoms with van der Waals surface area (Å²) in [4.78, 5) is 20.3. The van der Waals surface area contributed by atoms with E-state index in [-0.39, 0.29) is 0 Å². The van der Waals surface area contributed by atoms with Crippen molar-refractivity contribution < 1.29 is 0 Å². The van der Waals surface area contributed by atoms with Gasteiger partial charge in [0.15, 0.2) is 17.5 Å². The Bertz CT molecular complexity index is 3340. The van der Waals surface area contributed by atoms with Crippen LogP contribution in [0.1, 0.15) is 0 Å². The molecule has 0 aliphatic rings. The van der Waals surface area contributed by atoms with Crippen LogP contribution in [0.15, 0.2) is 218 Å². The maximum atomic E-state index is 5.29. The second kappa shape index (κ2) is 15.0. The molecule has 0 aliphatic carbocycles. The maximum absolute atomic E-state index is 5.29. The lowest BCUT2D eigenvalue weighted by atomic mass is 9.93. The van der Waals surface area contributed by atoms with Gasteiger partial charge in [-0.05, 0) is 67.7 Å². The first-order valence-corrected chi connectivity index (χ1v) is 20.2. The van der Waals surface area contributed by atoms with Crippen LogP contribution in [0.25, 0.3) is 111 Å². The van der Waals surface area contributed by atoms with Gasteiger partial charge in [0, 0.05) is 33.0 Å². The van der Waals surface area contributed by atoms with Gasteiger partial charge in [-0.1, -0.05) is 200 Å². The summed E-state index contributed by atoms with van der Waals surface area (Å²) in [7, 11) is 0. The van der Waals surface area contributed by atoms with Crippen molar-refractivity contribution in [1.82, 2.24) is 19.9 Å². The quantitative estimate of drug-likeness (QED) is 0.152. The maximum Gasteiger partial charge on any atom is 0.164 e. The number of aromatic nitrogens is 4. The van der Waals surface area contributed by atoms with Crippen LogP contribution in [0.5, 0.6) is 0 Å². The Morgan fingerprint density at radius 1 is 0.233 bits per heavy atom. The number of benzene rings is 9. The molecule has 4 nitrogen and oxygen atoms in total. The van der Waals surface area contributed by atoms with Gasteiger partial charge in [0.25, 0.3) is 0 Å². The molecule has 11 aromatic rings. The molecule has 0 radical (unpaired) electrons. The highest BCUT2D eigenvalue weighted by Crippen LogP contribution is 2.39. The number of rotatable bonds is 7. The van der Waals surface area contributed by atoms with Gasteiger partial charge < -0.3 is 0 Å². The highest BCUT2D eigenvalue weighted by atomic mass is 15.0. The molecule has 60 heavy (non-hydrogen) atoms. The van der Waals surface area contributed by atoms with Gasteiger partial charge in [0.2, 0.25) is 0 Å². The third-order valence-electron chi connectivity index (χ3n) is 11.3. The number of para-hydroxylation sites is 1. The normalized spacial score (nSPS) is 11.3. The molecule has 0 spiro atoms. The monoisotopic (exact) mass is 764 g/mol. The lowest BCUT2D eigenvalue weighted by Gasteiger charge is -2.14. The molecule has 9 aromatic carbocycles. The number of nitrogens with zero attached hydrogens (tertiary/aromatic N) is 4. The Kier molecular flexibility index (Phi) is 8.79. The Labute approximate surface area is 348 Å². The molecule has 0 aliphatic heterocycles. The number of hydrogen-bond acceptors (Lipinski definition) is 4. The molecular formula is C56H36N4. The fourth-order valence-electron chi connectivity index (χ4n) is 8.27. The topological polar surface area (TPSA) is 51.6 Å². The van der Waals surface area contributed by atoms with Crippen molar-refractivity contribution in [3.05, 3.63) is 218 Å². The SMILES string of the molecule is c1ccc(-c2ccc(-c3nc(-c4ccccc4)nc(-c4cccc(-c5ccc(-c6cccc(-c7nc8ccccc8c8ccc9ccccc9c78)c6)cc5)c4)n3)cc2)cc1. The van der Waals surface area contributed by atoms with Crippen LogP contribution in [-0.4, -0.2) is 19.9 Å². The van der Waals surface area contributed by atoms with Crippen LogP contribution in [0, 0.1) is 0 Å². The summed E-state index contributed by atoms with van der Waals surface area (Å²) in [6.45, 7) is 0. The lowest BCUT2D eigenvalue weighted by molar-refractivity contribution is 1.07. The van der Waals surface area contributed by atoms with E-state index in [1.807, 2.05) is 36.4 Å². The van der Waals surface area contributed by atoms with Gasteiger partial charge in [-0.2, -0.15) is 0 Å². The molecule has 0 amide bonds. The first-order valence-electron chi connectivity index (χ1n) is 20.2. The predicted molar refractivity (Wildman–Crippen MR) is 248 cm³/mol. The van der Waals surface area contributed by atoms with E-state index in [9.17, 15) is 0 Å². The number of pyridine rings is 1. The van der Waals surface area contributed by atoms with Crippen molar-refractivity contribution in [1.29, 1.82) is 0 Å². The molecule has 0 saturated heterocycles. The summed E-state index contributed by atoms with van der Waals surface area (Å²) < 4.78 is 0. The molecule has 0 fully saturated rings. The van der Waals surface area contributed by atoms with Crippen LogP contribution in [0.2, 0.25) is 0 Å². The van der Waals surface area contributed by atoms with Gasteiger partial charge in [0.05, 0.1) is 11.2 Å². The molecule has 0 N–H and O–H groups in total. The smallest absolute Gasteiger partial charge is 0.164 e. The van der Waals surface area contributed by atoms with Crippen molar-refractivity contribution in [3.63, 3.8) is 0 Å². The van der Waals surface area contributed by atoms with Crippen LogP contribution >= 0.6 is 0 Å². The summed E-state index contributed by atoms with van der Waals surface area (Å²) in [6, 6.07) is 76.5. The zero-order valence-electron chi connectivity index (χ0n) is 32.6. The van der Waals surface area contributed by atoms with E-state index in [4.69, 9.17) is 19.9 Å².